The molecular formula is C7H5F4NO3S. The average Bonchev–Trinajstić information content (AvgIpc) is 2.09. The third kappa shape index (κ3) is 2.61. The highest BCUT2D eigenvalue weighted by Crippen LogP contribution is 2.28. The van der Waals surface area contributed by atoms with Crippen LogP contribution in [-0.2, 0) is 10.0 Å². The molecule has 0 bridgehead atoms. The first-order chi connectivity index (χ1) is 7.23. The van der Waals surface area contributed by atoms with Gasteiger partial charge in [0, 0.05) is 0 Å². The number of rotatable bonds is 3. The predicted octanol–water partition coefficient (Wildman–Crippen LogP) is 1.21. The molecule has 0 radical (unpaired) electrons. The second-order valence-electron chi connectivity index (χ2n) is 2.61. The first-order valence-electron chi connectivity index (χ1n) is 3.69. The standard InChI is InChI=1S/C7H5F4NO3S/c8-3-1-2-4(16(12,13)14)5(9)6(3)15-7(10)11/h1-2,7H,(H2,12,13,14). The van der Waals surface area contributed by atoms with E-state index in [9.17, 15) is 26.0 Å². The molecule has 1 aromatic carbocycles. The zero-order chi connectivity index (χ0) is 12.5. The van der Waals surface area contributed by atoms with Gasteiger partial charge < -0.3 is 4.74 Å². The molecule has 0 saturated heterocycles. The number of ether oxygens (including phenoxy) is 1. The van der Waals surface area contributed by atoms with E-state index in [1.165, 1.54) is 0 Å². The van der Waals surface area contributed by atoms with Crippen LogP contribution in [0, 0.1) is 11.6 Å². The number of halogens is 4. The number of alkyl halides is 2. The van der Waals surface area contributed by atoms with E-state index in [1.807, 2.05) is 0 Å². The minimum absolute atomic E-state index is 0.459. The fraction of sp³-hybridized carbons (Fsp3) is 0.143. The molecule has 0 aliphatic rings. The van der Waals surface area contributed by atoms with Crippen molar-refractivity contribution in [3.05, 3.63) is 23.8 Å². The van der Waals surface area contributed by atoms with Gasteiger partial charge in [-0.25, -0.2) is 22.3 Å². The maximum absolute atomic E-state index is 13.2. The molecule has 9 heteroatoms. The van der Waals surface area contributed by atoms with Crippen LogP contribution in [0.5, 0.6) is 5.75 Å². The lowest BCUT2D eigenvalue weighted by Crippen LogP contribution is -2.16. The van der Waals surface area contributed by atoms with Crippen molar-refractivity contribution in [2.75, 3.05) is 0 Å². The normalized spacial score (nSPS) is 11.9. The van der Waals surface area contributed by atoms with Gasteiger partial charge in [0.25, 0.3) is 0 Å². The highest BCUT2D eigenvalue weighted by Gasteiger charge is 2.23. The average molecular weight is 259 g/mol. The summed E-state index contributed by atoms with van der Waals surface area (Å²) in [4.78, 5) is -1.12. The van der Waals surface area contributed by atoms with Gasteiger partial charge in [-0.1, -0.05) is 0 Å². The molecule has 0 aliphatic carbocycles. The number of benzene rings is 1. The minimum atomic E-state index is -4.48. The van der Waals surface area contributed by atoms with Crippen molar-refractivity contribution in [3.8, 4) is 5.75 Å². The zero-order valence-corrected chi connectivity index (χ0v) is 8.27. The molecule has 2 N–H and O–H groups in total. The molecule has 0 fully saturated rings. The molecule has 1 rings (SSSR count). The van der Waals surface area contributed by atoms with Crippen molar-refractivity contribution in [2.24, 2.45) is 5.14 Å². The van der Waals surface area contributed by atoms with E-state index in [0.29, 0.717) is 12.1 Å². The predicted molar refractivity (Wildman–Crippen MR) is 44.4 cm³/mol. The van der Waals surface area contributed by atoms with Crippen molar-refractivity contribution in [1.82, 2.24) is 0 Å². The van der Waals surface area contributed by atoms with Gasteiger partial charge in [0.05, 0.1) is 0 Å². The molecule has 90 valence electrons. The van der Waals surface area contributed by atoms with Crippen LogP contribution in [0.25, 0.3) is 0 Å². The largest absolute Gasteiger partial charge is 0.428 e. The SMILES string of the molecule is NS(=O)(=O)c1ccc(F)c(OC(F)F)c1F. The van der Waals surface area contributed by atoms with E-state index in [4.69, 9.17) is 0 Å². The van der Waals surface area contributed by atoms with E-state index in [2.05, 4.69) is 9.88 Å². The zero-order valence-electron chi connectivity index (χ0n) is 7.45. The summed E-state index contributed by atoms with van der Waals surface area (Å²) in [5.41, 5.74) is 0. The van der Waals surface area contributed by atoms with Crippen molar-refractivity contribution >= 4 is 10.0 Å². The van der Waals surface area contributed by atoms with Crippen LogP contribution in [0.15, 0.2) is 17.0 Å². The highest BCUT2D eigenvalue weighted by molar-refractivity contribution is 7.89. The Labute approximate surface area is 87.7 Å². The first-order valence-corrected chi connectivity index (χ1v) is 5.23. The second kappa shape index (κ2) is 4.26. The number of primary sulfonamides is 1. The molecule has 0 atom stereocenters. The lowest BCUT2D eigenvalue weighted by molar-refractivity contribution is -0.0549. The Morgan fingerprint density at radius 1 is 1.25 bits per heavy atom. The molecule has 1 aromatic rings. The van der Waals surface area contributed by atoms with Gasteiger partial charge in [0.2, 0.25) is 10.0 Å². The van der Waals surface area contributed by atoms with Crippen LogP contribution in [-0.4, -0.2) is 15.0 Å². The summed E-state index contributed by atoms with van der Waals surface area (Å²) in [6, 6.07) is 0.971. The van der Waals surface area contributed by atoms with Gasteiger partial charge in [-0.3, -0.25) is 0 Å². The number of sulfonamides is 1. The number of hydrogen-bond donors (Lipinski definition) is 1. The lowest BCUT2D eigenvalue weighted by Gasteiger charge is -2.08. The molecular weight excluding hydrogens is 254 g/mol. The van der Waals surface area contributed by atoms with Crippen molar-refractivity contribution in [1.29, 1.82) is 0 Å². The quantitative estimate of drug-likeness (QED) is 0.829. The van der Waals surface area contributed by atoms with Gasteiger partial charge in [-0.2, -0.15) is 8.78 Å². The van der Waals surface area contributed by atoms with Crippen molar-refractivity contribution in [2.45, 2.75) is 11.5 Å². The Bertz CT molecular complexity index is 503. The monoisotopic (exact) mass is 259 g/mol. The van der Waals surface area contributed by atoms with Crippen molar-refractivity contribution < 1.29 is 30.7 Å². The Balaban J connectivity index is 3.39. The van der Waals surface area contributed by atoms with Gasteiger partial charge >= 0.3 is 6.61 Å². The molecule has 0 unspecified atom stereocenters. The van der Waals surface area contributed by atoms with Crippen LogP contribution in [0.4, 0.5) is 17.6 Å². The summed E-state index contributed by atoms with van der Waals surface area (Å²) < 4.78 is 74.7. The molecule has 16 heavy (non-hydrogen) atoms. The third-order valence-corrected chi connectivity index (χ3v) is 2.46. The Hall–Kier alpha value is -1.35. The van der Waals surface area contributed by atoms with Gasteiger partial charge in [-0.05, 0) is 12.1 Å². The summed E-state index contributed by atoms with van der Waals surface area (Å²) in [5.74, 6) is -4.73. The van der Waals surface area contributed by atoms with E-state index in [1.54, 1.807) is 0 Å². The summed E-state index contributed by atoms with van der Waals surface area (Å²) in [5, 5.41) is 4.57. The van der Waals surface area contributed by atoms with Crippen LogP contribution in [0.3, 0.4) is 0 Å². The second-order valence-corrected chi connectivity index (χ2v) is 4.14. The van der Waals surface area contributed by atoms with E-state index >= 15 is 0 Å². The van der Waals surface area contributed by atoms with Crippen LogP contribution in [0.1, 0.15) is 0 Å². The first kappa shape index (κ1) is 12.7. The van der Waals surface area contributed by atoms with Gasteiger partial charge in [0.1, 0.15) is 4.90 Å². The van der Waals surface area contributed by atoms with Crippen molar-refractivity contribution in [3.63, 3.8) is 0 Å². The molecule has 0 spiro atoms. The van der Waals surface area contributed by atoms with E-state index in [0.717, 1.165) is 0 Å². The molecule has 0 saturated carbocycles. The lowest BCUT2D eigenvalue weighted by atomic mass is 10.3. The summed E-state index contributed by atoms with van der Waals surface area (Å²) >= 11 is 0. The molecule has 0 amide bonds. The topological polar surface area (TPSA) is 69.4 Å². The van der Waals surface area contributed by atoms with Crippen LogP contribution < -0.4 is 9.88 Å². The summed E-state index contributed by atoms with van der Waals surface area (Å²) in [6.45, 7) is -3.49. The van der Waals surface area contributed by atoms with Crippen LogP contribution in [0.2, 0.25) is 0 Å². The Morgan fingerprint density at radius 3 is 2.25 bits per heavy atom. The van der Waals surface area contributed by atoms with Gasteiger partial charge in [-0.15, -0.1) is 0 Å². The minimum Gasteiger partial charge on any atom is -0.428 e. The summed E-state index contributed by atoms with van der Waals surface area (Å²) in [6.07, 6.45) is 0. The molecule has 0 aromatic heterocycles. The fourth-order valence-electron chi connectivity index (χ4n) is 0.931. The van der Waals surface area contributed by atoms with Gasteiger partial charge in [0.15, 0.2) is 17.4 Å². The van der Waals surface area contributed by atoms with Crippen LogP contribution >= 0.6 is 0 Å². The molecule has 0 aliphatic heterocycles. The molecule has 4 nitrogen and oxygen atoms in total. The maximum Gasteiger partial charge on any atom is 0.387 e. The fourth-order valence-corrected chi connectivity index (χ4v) is 1.53. The Kier molecular flexibility index (Phi) is 3.38. The van der Waals surface area contributed by atoms with E-state index < -0.39 is 38.9 Å². The highest BCUT2D eigenvalue weighted by atomic mass is 32.2. The number of hydrogen-bond acceptors (Lipinski definition) is 3. The Morgan fingerprint density at radius 2 is 1.81 bits per heavy atom. The smallest absolute Gasteiger partial charge is 0.387 e. The van der Waals surface area contributed by atoms with E-state index in [-0.39, 0.29) is 0 Å². The summed E-state index contributed by atoms with van der Waals surface area (Å²) in [7, 11) is -4.48. The maximum atomic E-state index is 13.2. The number of nitrogens with two attached hydrogens (primary N) is 1. The third-order valence-electron chi connectivity index (χ3n) is 1.53. The molecule has 0 heterocycles.